The number of benzene rings is 1. The summed E-state index contributed by atoms with van der Waals surface area (Å²) in [4.78, 5) is 0. The van der Waals surface area contributed by atoms with Gasteiger partial charge in [0.15, 0.2) is 11.5 Å². The van der Waals surface area contributed by atoms with E-state index >= 15 is 0 Å². The van der Waals surface area contributed by atoms with Crippen LogP contribution >= 0.6 is 0 Å². The molecular weight excluding hydrogens is 244 g/mol. The number of rotatable bonds is 6. The molecule has 2 rings (SSSR count). The van der Waals surface area contributed by atoms with E-state index in [9.17, 15) is 0 Å². The van der Waals surface area contributed by atoms with E-state index in [-0.39, 0.29) is 0 Å². The van der Waals surface area contributed by atoms with Gasteiger partial charge in [0.25, 0.3) is 0 Å². The maximum absolute atomic E-state index is 5.47. The minimum atomic E-state index is 0.435. The maximum Gasteiger partial charge on any atom is 0.161 e. The van der Waals surface area contributed by atoms with Crippen LogP contribution in [0.2, 0.25) is 0 Å². The van der Waals surface area contributed by atoms with Crippen molar-refractivity contribution in [3.8, 4) is 11.5 Å². The first-order valence-corrected chi connectivity index (χ1v) is 5.64. The predicted octanol–water partition coefficient (Wildman–Crippen LogP) is 1.73. The van der Waals surface area contributed by atoms with E-state index in [4.69, 9.17) is 9.47 Å². The van der Waals surface area contributed by atoms with Crippen LogP contribution in [0, 0.1) is 0 Å². The average molecular weight is 258 g/mol. The fourth-order valence-corrected chi connectivity index (χ4v) is 1.42. The first-order chi connectivity index (χ1) is 9.33. The molecule has 0 saturated carbocycles. The van der Waals surface area contributed by atoms with Crippen molar-refractivity contribution >= 4 is 6.21 Å². The standard InChI is InChI=1S/C13H14N4O2/c1-3-6-19-12-5-4-11(7-13(12)18-2)8-16-17-9-14-15-10-17/h3-5,7-10H,1,6H2,2H3. The Morgan fingerprint density at radius 1 is 1.32 bits per heavy atom. The molecule has 0 aliphatic rings. The quantitative estimate of drug-likeness (QED) is 0.585. The summed E-state index contributed by atoms with van der Waals surface area (Å²) in [5, 5.41) is 11.5. The molecule has 1 aromatic carbocycles. The normalized spacial score (nSPS) is 10.6. The summed E-state index contributed by atoms with van der Waals surface area (Å²) in [5.74, 6) is 1.32. The number of nitrogens with zero attached hydrogens (tertiary/aromatic N) is 4. The van der Waals surface area contributed by atoms with Crippen molar-refractivity contribution in [3.63, 3.8) is 0 Å². The molecule has 0 aliphatic heterocycles. The highest BCUT2D eigenvalue weighted by atomic mass is 16.5. The Hall–Kier alpha value is -2.63. The molecule has 1 heterocycles. The Morgan fingerprint density at radius 2 is 2.11 bits per heavy atom. The van der Waals surface area contributed by atoms with Crippen molar-refractivity contribution in [2.45, 2.75) is 0 Å². The number of hydrogen-bond donors (Lipinski definition) is 0. The molecule has 0 radical (unpaired) electrons. The lowest BCUT2D eigenvalue weighted by molar-refractivity contribution is 0.326. The second-order valence-corrected chi connectivity index (χ2v) is 3.60. The van der Waals surface area contributed by atoms with Crippen LogP contribution in [0.5, 0.6) is 11.5 Å². The second-order valence-electron chi connectivity index (χ2n) is 3.60. The van der Waals surface area contributed by atoms with Crippen LogP contribution in [0.25, 0.3) is 0 Å². The molecular formula is C13H14N4O2. The van der Waals surface area contributed by atoms with Crippen LogP contribution in [0.4, 0.5) is 0 Å². The van der Waals surface area contributed by atoms with Crippen molar-refractivity contribution < 1.29 is 9.47 Å². The lowest BCUT2D eigenvalue weighted by atomic mass is 10.2. The van der Waals surface area contributed by atoms with E-state index in [1.54, 1.807) is 19.4 Å². The van der Waals surface area contributed by atoms with Crippen LogP contribution in [0.3, 0.4) is 0 Å². The molecule has 1 aromatic heterocycles. The maximum atomic E-state index is 5.47. The van der Waals surface area contributed by atoms with Gasteiger partial charge < -0.3 is 9.47 Å². The molecule has 6 heteroatoms. The van der Waals surface area contributed by atoms with Crippen LogP contribution in [0.1, 0.15) is 5.56 Å². The molecule has 19 heavy (non-hydrogen) atoms. The Labute approximate surface area is 111 Å². The number of methoxy groups -OCH3 is 1. The van der Waals surface area contributed by atoms with Crippen molar-refractivity contribution in [3.05, 3.63) is 49.1 Å². The van der Waals surface area contributed by atoms with Crippen molar-refractivity contribution in [2.75, 3.05) is 13.7 Å². The topological polar surface area (TPSA) is 61.5 Å². The zero-order chi connectivity index (χ0) is 13.5. The van der Waals surface area contributed by atoms with E-state index < -0.39 is 0 Å². The summed E-state index contributed by atoms with van der Waals surface area (Å²) >= 11 is 0. The van der Waals surface area contributed by atoms with Crippen LogP contribution in [-0.2, 0) is 0 Å². The van der Waals surface area contributed by atoms with Gasteiger partial charge in [-0.05, 0) is 23.8 Å². The smallest absolute Gasteiger partial charge is 0.161 e. The SMILES string of the molecule is C=CCOc1ccc(C=Nn2cnnc2)cc1OC. The summed E-state index contributed by atoms with van der Waals surface area (Å²) in [6.45, 7) is 4.04. The summed E-state index contributed by atoms with van der Waals surface area (Å²) < 4.78 is 12.2. The fourth-order valence-electron chi connectivity index (χ4n) is 1.42. The van der Waals surface area contributed by atoms with Gasteiger partial charge in [-0.25, -0.2) is 4.68 Å². The van der Waals surface area contributed by atoms with E-state index in [1.165, 1.54) is 17.3 Å². The van der Waals surface area contributed by atoms with Crippen molar-refractivity contribution in [1.82, 2.24) is 14.9 Å². The average Bonchev–Trinajstić information content (AvgIpc) is 2.96. The highest BCUT2D eigenvalue weighted by Crippen LogP contribution is 2.27. The van der Waals surface area contributed by atoms with Gasteiger partial charge in [-0.3, -0.25) is 0 Å². The summed E-state index contributed by atoms with van der Waals surface area (Å²) in [5.41, 5.74) is 0.886. The minimum absolute atomic E-state index is 0.435. The highest BCUT2D eigenvalue weighted by molar-refractivity contribution is 5.80. The monoisotopic (exact) mass is 258 g/mol. The third-order valence-electron chi connectivity index (χ3n) is 2.29. The van der Waals surface area contributed by atoms with Crippen molar-refractivity contribution in [2.24, 2.45) is 5.10 Å². The molecule has 6 nitrogen and oxygen atoms in total. The van der Waals surface area contributed by atoms with E-state index in [1.807, 2.05) is 18.2 Å². The van der Waals surface area contributed by atoms with Crippen LogP contribution < -0.4 is 9.47 Å². The lowest BCUT2D eigenvalue weighted by Gasteiger charge is -2.09. The first kappa shape index (κ1) is 12.8. The van der Waals surface area contributed by atoms with Crippen molar-refractivity contribution in [1.29, 1.82) is 0 Å². The van der Waals surface area contributed by atoms with Gasteiger partial charge in [-0.1, -0.05) is 12.7 Å². The molecule has 0 fully saturated rings. The molecule has 0 aliphatic carbocycles. The zero-order valence-corrected chi connectivity index (χ0v) is 10.6. The van der Waals surface area contributed by atoms with E-state index in [2.05, 4.69) is 21.9 Å². The van der Waals surface area contributed by atoms with Gasteiger partial charge in [0.2, 0.25) is 0 Å². The first-order valence-electron chi connectivity index (χ1n) is 5.64. The van der Waals surface area contributed by atoms with Crippen LogP contribution in [0.15, 0.2) is 48.6 Å². The molecule has 0 atom stereocenters. The summed E-state index contributed by atoms with van der Waals surface area (Å²) in [7, 11) is 1.59. The molecule has 0 unspecified atom stereocenters. The largest absolute Gasteiger partial charge is 0.493 e. The van der Waals surface area contributed by atoms with Gasteiger partial charge >= 0.3 is 0 Å². The zero-order valence-electron chi connectivity index (χ0n) is 10.6. The Morgan fingerprint density at radius 3 is 2.79 bits per heavy atom. The molecule has 0 bridgehead atoms. The summed E-state index contributed by atoms with van der Waals surface area (Å²) in [6.07, 6.45) is 6.38. The molecule has 98 valence electrons. The second kappa shape index (κ2) is 6.34. The predicted molar refractivity (Wildman–Crippen MR) is 71.7 cm³/mol. The van der Waals surface area contributed by atoms with Gasteiger partial charge in [-0.15, -0.1) is 10.2 Å². The highest BCUT2D eigenvalue weighted by Gasteiger charge is 2.04. The lowest BCUT2D eigenvalue weighted by Crippen LogP contribution is -1.97. The molecule has 0 N–H and O–H groups in total. The number of ether oxygens (including phenoxy) is 2. The molecule has 2 aromatic rings. The van der Waals surface area contributed by atoms with Crippen LogP contribution in [-0.4, -0.2) is 34.8 Å². The summed E-state index contributed by atoms with van der Waals surface area (Å²) in [6, 6.07) is 5.55. The van der Waals surface area contributed by atoms with E-state index in [0.717, 1.165) is 5.56 Å². The van der Waals surface area contributed by atoms with Gasteiger partial charge in [0.05, 0.1) is 13.3 Å². The molecule has 0 spiro atoms. The molecule has 0 saturated heterocycles. The Kier molecular flexibility index (Phi) is 4.28. The van der Waals surface area contributed by atoms with E-state index in [0.29, 0.717) is 18.1 Å². The number of aromatic nitrogens is 3. The van der Waals surface area contributed by atoms with Gasteiger partial charge in [-0.2, -0.15) is 5.10 Å². The fraction of sp³-hybridized carbons (Fsp3) is 0.154. The Balaban J connectivity index is 2.16. The van der Waals surface area contributed by atoms with Gasteiger partial charge in [0.1, 0.15) is 19.3 Å². The Bertz CT molecular complexity index is 564. The molecule has 0 amide bonds. The third kappa shape index (κ3) is 3.41. The number of hydrogen-bond acceptors (Lipinski definition) is 5. The third-order valence-corrected chi connectivity index (χ3v) is 2.29. The minimum Gasteiger partial charge on any atom is -0.493 e. The van der Waals surface area contributed by atoms with Gasteiger partial charge in [0, 0.05) is 0 Å².